The van der Waals surface area contributed by atoms with Gasteiger partial charge in [0.25, 0.3) is 0 Å². The number of allylic oxidation sites excluding steroid dienone is 1. The summed E-state index contributed by atoms with van der Waals surface area (Å²) in [6, 6.07) is 19.3. The number of imidazole rings is 1. The molecule has 0 amide bonds. The van der Waals surface area contributed by atoms with Crippen LogP contribution in [0.1, 0.15) is 31.2 Å². The Hall–Kier alpha value is -3.15. The Balaban J connectivity index is 1.38. The van der Waals surface area contributed by atoms with Gasteiger partial charge in [-0.05, 0) is 67.8 Å². The Bertz CT molecular complexity index is 1320. The minimum atomic E-state index is 0.308. The summed E-state index contributed by atoms with van der Waals surface area (Å²) in [6.45, 7) is 3.69. The molecule has 3 aromatic carbocycles. The molecule has 0 saturated carbocycles. The van der Waals surface area contributed by atoms with Crippen molar-refractivity contribution in [1.82, 2.24) is 9.55 Å². The lowest BCUT2D eigenvalue weighted by molar-refractivity contribution is 0.278. The van der Waals surface area contributed by atoms with Crippen LogP contribution in [0.25, 0.3) is 17.1 Å². The Kier molecular flexibility index (Phi) is 8.56. The van der Waals surface area contributed by atoms with Gasteiger partial charge in [0.05, 0.1) is 29.8 Å². The van der Waals surface area contributed by atoms with Gasteiger partial charge in [0.15, 0.2) is 11.5 Å². The van der Waals surface area contributed by atoms with Crippen LogP contribution in [0.5, 0.6) is 17.2 Å². The fourth-order valence-electron chi connectivity index (χ4n) is 3.87. The van der Waals surface area contributed by atoms with E-state index in [1.165, 1.54) is 0 Å². The van der Waals surface area contributed by atoms with E-state index in [0.717, 1.165) is 53.3 Å². The van der Waals surface area contributed by atoms with Crippen molar-refractivity contribution >= 4 is 40.3 Å². The first-order chi connectivity index (χ1) is 17.1. The van der Waals surface area contributed by atoms with Crippen molar-refractivity contribution in [3.8, 4) is 17.2 Å². The summed E-state index contributed by atoms with van der Waals surface area (Å²) in [4.78, 5) is 4.78. The molecule has 7 heteroatoms. The first kappa shape index (κ1) is 25.0. The van der Waals surface area contributed by atoms with Gasteiger partial charge in [-0.1, -0.05) is 53.6 Å². The highest BCUT2D eigenvalue weighted by atomic mass is 35.5. The topological polar surface area (TPSA) is 45.5 Å². The Morgan fingerprint density at radius 3 is 2.54 bits per heavy atom. The number of unbranched alkanes of at least 4 members (excludes halogenated alkanes) is 1. The highest BCUT2D eigenvalue weighted by Crippen LogP contribution is 2.30. The molecular weight excluding hydrogens is 483 g/mol. The highest BCUT2D eigenvalue weighted by Gasteiger charge is 2.12. The van der Waals surface area contributed by atoms with Gasteiger partial charge in [-0.15, -0.1) is 0 Å². The molecule has 182 valence electrons. The molecule has 0 N–H and O–H groups in total. The minimum Gasteiger partial charge on any atom is -0.493 e. The van der Waals surface area contributed by atoms with Crippen molar-refractivity contribution in [1.29, 1.82) is 0 Å². The summed E-state index contributed by atoms with van der Waals surface area (Å²) in [7, 11) is 1.66. The molecule has 5 nitrogen and oxygen atoms in total. The van der Waals surface area contributed by atoms with E-state index < -0.39 is 0 Å². The van der Waals surface area contributed by atoms with E-state index >= 15 is 0 Å². The molecule has 1 aromatic heterocycles. The van der Waals surface area contributed by atoms with E-state index in [1.54, 1.807) is 25.3 Å². The smallest absolute Gasteiger partial charge is 0.161 e. The van der Waals surface area contributed by atoms with Crippen LogP contribution in [0.15, 0.2) is 66.7 Å². The summed E-state index contributed by atoms with van der Waals surface area (Å²) < 4.78 is 19.7. The predicted molar refractivity (Wildman–Crippen MR) is 143 cm³/mol. The second kappa shape index (κ2) is 12.0. The van der Waals surface area contributed by atoms with Crippen molar-refractivity contribution in [2.75, 3.05) is 13.7 Å². The number of hydrogen-bond donors (Lipinski definition) is 0. The molecule has 0 aliphatic heterocycles. The largest absolute Gasteiger partial charge is 0.493 e. The molecule has 0 fully saturated rings. The molecule has 0 aliphatic carbocycles. The lowest BCUT2D eigenvalue weighted by Gasteiger charge is -2.13. The Labute approximate surface area is 215 Å². The number of rotatable bonds is 11. The number of ether oxygens (including phenoxy) is 3. The van der Waals surface area contributed by atoms with E-state index in [1.807, 2.05) is 55.5 Å². The number of benzene rings is 3. The maximum atomic E-state index is 6.27. The normalized spacial score (nSPS) is 11.3. The fraction of sp³-hybridized carbons (Fsp3) is 0.250. The number of fused-ring (bicyclic) bond motifs is 1. The third-order valence-electron chi connectivity index (χ3n) is 5.56. The highest BCUT2D eigenvalue weighted by molar-refractivity contribution is 6.35. The summed E-state index contributed by atoms with van der Waals surface area (Å²) in [5.41, 5.74) is 3.10. The van der Waals surface area contributed by atoms with Gasteiger partial charge < -0.3 is 18.8 Å². The molecule has 35 heavy (non-hydrogen) atoms. The predicted octanol–water partition coefficient (Wildman–Crippen LogP) is 7.82. The number of para-hydroxylation sites is 2. The summed E-state index contributed by atoms with van der Waals surface area (Å²) in [5.74, 6) is 2.92. The van der Waals surface area contributed by atoms with Crippen LogP contribution in [-0.2, 0) is 13.2 Å². The number of halogens is 2. The van der Waals surface area contributed by atoms with Gasteiger partial charge in [0, 0.05) is 11.6 Å². The van der Waals surface area contributed by atoms with E-state index in [2.05, 4.69) is 10.6 Å². The van der Waals surface area contributed by atoms with Crippen LogP contribution in [-0.4, -0.2) is 23.3 Å². The fourth-order valence-corrected chi connectivity index (χ4v) is 4.34. The van der Waals surface area contributed by atoms with Crippen molar-refractivity contribution < 1.29 is 14.2 Å². The average Bonchev–Trinajstić information content (AvgIpc) is 3.21. The van der Waals surface area contributed by atoms with Gasteiger partial charge in [0.1, 0.15) is 18.2 Å². The van der Waals surface area contributed by atoms with Gasteiger partial charge in [-0.25, -0.2) is 4.98 Å². The third-order valence-corrected chi connectivity index (χ3v) is 6.10. The van der Waals surface area contributed by atoms with Gasteiger partial charge in [-0.3, -0.25) is 0 Å². The number of methoxy groups -OCH3 is 1. The summed E-state index contributed by atoms with van der Waals surface area (Å²) in [6.07, 6.45) is 5.84. The van der Waals surface area contributed by atoms with Crippen molar-refractivity contribution in [2.45, 2.75) is 32.9 Å². The van der Waals surface area contributed by atoms with Crippen LogP contribution >= 0.6 is 23.2 Å². The molecule has 0 radical (unpaired) electrons. The summed E-state index contributed by atoms with van der Waals surface area (Å²) in [5, 5.41) is 1.05. The number of nitrogens with zero attached hydrogens (tertiary/aromatic N) is 2. The molecule has 0 unspecified atom stereocenters. The quantitative estimate of drug-likeness (QED) is 0.193. The van der Waals surface area contributed by atoms with Crippen molar-refractivity contribution in [3.05, 3.63) is 88.2 Å². The second-order valence-corrected chi connectivity index (χ2v) is 8.84. The number of aromatic nitrogens is 2. The van der Waals surface area contributed by atoms with Gasteiger partial charge >= 0.3 is 0 Å². The molecule has 0 bridgehead atoms. The zero-order valence-electron chi connectivity index (χ0n) is 19.8. The first-order valence-corrected chi connectivity index (χ1v) is 12.3. The molecule has 0 saturated heterocycles. The Morgan fingerprint density at radius 2 is 1.74 bits per heavy atom. The summed E-state index contributed by atoms with van der Waals surface area (Å²) >= 11 is 12.3. The molecular formula is C28H28Cl2N2O3. The average molecular weight is 511 g/mol. The number of aryl methyl sites for hydroxylation is 1. The monoisotopic (exact) mass is 510 g/mol. The standard InChI is InChI=1S/C28H28Cl2N2O3/c1-3-8-20-11-13-26(27(17-20)33-2)34-16-7-6-15-32-24-10-5-4-9-23(24)31-28(32)19-35-25-14-12-21(29)18-22(25)30/h3-5,8-14,17-18H,6-7,15-16,19H2,1-2H3/b8-3+. The van der Waals surface area contributed by atoms with Crippen LogP contribution in [0.2, 0.25) is 10.0 Å². The zero-order chi connectivity index (χ0) is 24.6. The van der Waals surface area contributed by atoms with Gasteiger partial charge in [0.2, 0.25) is 0 Å². The maximum absolute atomic E-state index is 6.27. The maximum Gasteiger partial charge on any atom is 0.161 e. The van der Waals surface area contributed by atoms with Crippen LogP contribution in [0, 0.1) is 0 Å². The lowest BCUT2D eigenvalue weighted by atomic mass is 10.2. The van der Waals surface area contributed by atoms with Crippen molar-refractivity contribution in [2.24, 2.45) is 0 Å². The number of hydrogen-bond acceptors (Lipinski definition) is 4. The van der Waals surface area contributed by atoms with E-state index in [9.17, 15) is 0 Å². The lowest BCUT2D eigenvalue weighted by Crippen LogP contribution is -2.09. The molecule has 1 heterocycles. The van der Waals surface area contributed by atoms with E-state index in [-0.39, 0.29) is 0 Å². The molecule has 4 rings (SSSR count). The molecule has 0 aliphatic rings. The van der Waals surface area contributed by atoms with E-state index in [0.29, 0.717) is 29.0 Å². The molecule has 0 atom stereocenters. The minimum absolute atomic E-state index is 0.308. The molecule has 4 aromatic rings. The van der Waals surface area contributed by atoms with Crippen LogP contribution in [0.3, 0.4) is 0 Å². The van der Waals surface area contributed by atoms with Crippen LogP contribution in [0.4, 0.5) is 0 Å². The SMILES string of the molecule is C/C=C/c1ccc(OCCCCn2c(COc3ccc(Cl)cc3Cl)nc3ccccc32)c(OC)c1. The first-order valence-electron chi connectivity index (χ1n) is 11.5. The van der Waals surface area contributed by atoms with Crippen LogP contribution < -0.4 is 14.2 Å². The van der Waals surface area contributed by atoms with E-state index in [4.69, 9.17) is 42.4 Å². The second-order valence-electron chi connectivity index (χ2n) is 8.00. The zero-order valence-corrected chi connectivity index (χ0v) is 21.4. The van der Waals surface area contributed by atoms with Crippen molar-refractivity contribution in [3.63, 3.8) is 0 Å². The Morgan fingerprint density at radius 1 is 0.914 bits per heavy atom. The van der Waals surface area contributed by atoms with Gasteiger partial charge in [-0.2, -0.15) is 0 Å². The third kappa shape index (κ3) is 6.30. The molecule has 0 spiro atoms.